The minimum atomic E-state index is 0.506. The third kappa shape index (κ3) is 1.47. The van der Waals surface area contributed by atoms with Crippen LogP contribution in [0.1, 0.15) is 18.0 Å². The van der Waals surface area contributed by atoms with Crippen LogP contribution in [0.4, 0.5) is 0 Å². The van der Waals surface area contributed by atoms with E-state index < -0.39 is 0 Å². The van der Waals surface area contributed by atoms with Gasteiger partial charge in [-0.3, -0.25) is 0 Å². The molecule has 1 unspecified atom stereocenters. The number of nitrogens with one attached hydrogen (secondary N) is 1. The summed E-state index contributed by atoms with van der Waals surface area (Å²) in [5, 5.41) is 3.42. The average Bonchev–Trinajstić information content (AvgIpc) is 2.69. The van der Waals surface area contributed by atoms with Gasteiger partial charge in [-0.2, -0.15) is 0 Å². The largest absolute Gasteiger partial charge is 0.464 e. The third-order valence-corrected chi connectivity index (χ3v) is 2.95. The summed E-state index contributed by atoms with van der Waals surface area (Å²) in [5.41, 5.74) is 2.55. The third-order valence-electron chi connectivity index (χ3n) is 2.95. The first-order chi connectivity index (χ1) is 7.45. The lowest BCUT2D eigenvalue weighted by Gasteiger charge is -2.29. The Hall–Kier alpha value is -1.54. The van der Waals surface area contributed by atoms with Crippen LogP contribution in [0.5, 0.6) is 0 Å². The molecule has 2 heterocycles. The van der Waals surface area contributed by atoms with E-state index in [1.807, 2.05) is 12.1 Å². The summed E-state index contributed by atoms with van der Waals surface area (Å²) < 4.78 is 5.45. The maximum Gasteiger partial charge on any atom is 0.134 e. The summed E-state index contributed by atoms with van der Waals surface area (Å²) in [7, 11) is 0. The zero-order valence-electron chi connectivity index (χ0n) is 8.44. The van der Waals surface area contributed by atoms with Crippen molar-refractivity contribution < 1.29 is 4.42 Å². The highest BCUT2D eigenvalue weighted by molar-refractivity contribution is 5.63. The van der Waals surface area contributed by atoms with Crippen LogP contribution in [0.15, 0.2) is 47.1 Å². The van der Waals surface area contributed by atoms with Crippen molar-refractivity contribution in [3.05, 3.63) is 48.2 Å². The minimum absolute atomic E-state index is 0.506. The van der Waals surface area contributed by atoms with Crippen LogP contribution < -0.4 is 5.32 Å². The van der Waals surface area contributed by atoms with Gasteiger partial charge >= 0.3 is 0 Å². The molecule has 3 rings (SSSR count). The van der Waals surface area contributed by atoms with Crippen LogP contribution in [-0.4, -0.2) is 6.54 Å². The molecule has 1 saturated heterocycles. The smallest absolute Gasteiger partial charge is 0.134 e. The van der Waals surface area contributed by atoms with E-state index in [0.717, 1.165) is 12.3 Å². The van der Waals surface area contributed by atoms with Crippen molar-refractivity contribution in [1.82, 2.24) is 5.32 Å². The molecule has 1 aromatic carbocycles. The van der Waals surface area contributed by atoms with Crippen molar-refractivity contribution in [2.45, 2.75) is 12.5 Å². The summed E-state index contributed by atoms with van der Waals surface area (Å²) in [5.74, 6) is 0.958. The minimum Gasteiger partial charge on any atom is -0.464 e. The quantitative estimate of drug-likeness (QED) is 0.804. The Morgan fingerprint density at radius 2 is 2.00 bits per heavy atom. The Kier molecular flexibility index (Phi) is 2.07. The maximum absolute atomic E-state index is 5.45. The summed E-state index contributed by atoms with van der Waals surface area (Å²) in [4.78, 5) is 0. The van der Waals surface area contributed by atoms with Gasteiger partial charge in [0, 0.05) is 11.6 Å². The summed E-state index contributed by atoms with van der Waals surface area (Å²) in [6, 6.07) is 12.9. The van der Waals surface area contributed by atoms with Crippen molar-refractivity contribution in [1.29, 1.82) is 0 Å². The van der Waals surface area contributed by atoms with Gasteiger partial charge in [0.1, 0.15) is 5.76 Å². The van der Waals surface area contributed by atoms with E-state index in [0.29, 0.717) is 6.04 Å². The molecule has 2 aromatic rings. The second-order valence-electron chi connectivity index (χ2n) is 3.86. The van der Waals surface area contributed by atoms with Crippen molar-refractivity contribution in [3.8, 4) is 11.3 Å². The fourth-order valence-corrected chi connectivity index (χ4v) is 2.01. The highest BCUT2D eigenvalue weighted by Crippen LogP contribution is 2.32. The lowest BCUT2D eigenvalue weighted by molar-refractivity contribution is 0.383. The molecule has 2 heteroatoms. The Morgan fingerprint density at radius 1 is 1.13 bits per heavy atom. The fourth-order valence-electron chi connectivity index (χ4n) is 2.01. The Balaban J connectivity index is 2.06. The van der Waals surface area contributed by atoms with Crippen LogP contribution in [0.2, 0.25) is 0 Å². The predicted octanol–water partition coefficient (Wildman–Crippen LogP) is 2.98. The molecule has 0 spiro atoms. The molecule has 0 saturated carbocycles. The van der Waals surface area contributed by atoms with Crippen LogP contribution in [0, 0.1) is 0 Å². The Bertz CT molecular complexity index is 443. The Morgan fingerprint density at radius 3 is 2.67 bits per heavy atom. The first-order valence-corrected chi connectivity index (χ1v) is 5.31. The number of rotatable bonds is 2. The molecule has 1 aliphatic heterocycles. The normalized spacial score (nSPS) is 19.9. The molecule has 0 aliphatic carbocycles. The van der Waals surface area contributed by atoms with Crippen LogP contribution in [0.25, 0.3) is 11.3 Å². The highest BCUT2D eigenvalue weighted by Gasteiger charge is 2.21. The van der Waals surface area contributed by atoms with Crippen LogP contribution in [-0.2, 0) is 0 Å². The fraction of sp³-hybridized carbons (Fsp3) is 0.231. The van der Waals surface area contributed by atoms with E-state index in [-0.39, 0.29) is 0 Å². The molecule has 1 aromatic heterocycles. The highest BCUT2D eigenvalue weighted by atomic mass is 16.3. The first-order valence-electron chi connectivity index (χ1n) is 5.31. The van der Waals surface area contributed by atoms with Gasteiger partial charge in [-0.25, -0.2) is 0 Å². The van der Waals surface area contributed by atoms with Crippen LogP contribution in [0.3, 0.4) is 0 Å². The van der Waals surface area contributed by atoms with E-state index in [9.17, 15) is 0 Å². The molecule has 0 bridgehead atoms. The van der Waals surface area contributed by atoms with Crippen molar-refractivity contribution >= 4 is 0 Å². The zero-order valence-corrected chi connectivity index (χ0v) is 8.44. The zero-order chi connectivity index (χ0) is 10.1. The number of hydrogen-bond acceptors (Lipinski definition) is 2. The molecule has 15 heavy (non-hydrogen) atoms. The topological polar surface area (TPSA) is 25.2 Å². The average molecular weight is 199 g/mol. The second kappa shape index (κ2) is 3.55. The van der Waals surface area contributed by atoms with Gasteiger partial charge in [-0.05, 0) is 30.7 Å². The molecule has 0 amide bonds. The molecule has 1 N–H and O–H groups in total. The molecule has 1 atom stereocenters. The summed E-state index contributed by atoms with van der Waals surface area (Å²) in [6.45, 7) is 1.12. The molecule has 0 radical (unpaired) electrons. The predicted molar refractivity (Wildman–Crippen MR) is 59.5 cm³/mol. The molecular formula is C13H13NO. The number of furan rings is 1. The van der Waals surface area contributed by atoms with Crippen molar-refractivity contribution in [3.63, 3.8) is 0 Å². The van der Waals surface area contributed by atoms with Gasteiger partial charge in [0.15, 0.2) is 0 Å². The van der Waals surface area contributed by atoms with Crippen LogP contribution >= 0.6 is 0 Å². The lowest BCUT2D eigenvalue weighted by atomic mass is 9.92. The monoisotopic (exact) mass is 199 g/mol. The van der Waals surface area contributed by atoms with Gasteiger partial charge in [0.2, 0.25) is 0 Å². The second-order valence-corrected chi connectivity index (χ2v) is 3.86. The molecule has 2 nitrogen and oxygen atoms in total. The maximum atomic E-state index is 5.45. The van der Waals surface area contributed by atoms with Crippen molar-refractivity contribution in [2.24, 2.45) is 0 Å². The van der Waals surface area contributed by atoms with E-state index in [4.69, 9.17) is 4.42 Å². The van der Waals surface area contributed by atoms with E-state index >= 15 is 0 Å². The number of hydrogen-bond donors (Lipinski definition) is 1. The SMILES string of the molecule is c1coc(-c2ccccc2C2CCN2)c1. The van der Waals surface area contributed by atoms with Gasteiger partial charge in [0.05, 0.1) is 6.26 Å². The number of benzene rings is 1. The van der Waals surface area contributed by atoms with Crippen molar-refractivity contribution in [2.75, 3.05) is 6.54 Å². The van der Waals surface area contributed by atoms with E-state index in [1.165, 1.54) is 17.5 Å². The van der Waals surface area contributed by atoms with Gasteiger partial charge < -0.3 is 9.73 Å². The van der Waals surface area contributed by atoms with E-state index in [2.05, 4.69) is 29.6 Å². The van der Waals surface area contributed by atoms with Gasteiger partial charge in [-0.15, -0.1) is 0 Å². The summed E-state index contributed by atoms with van der Waals surface area (Å²) >= 11 is 0. The molecule has 1 fully saturated rings. The summed E-state index contributed by atoms with van der Waals surface area (Å²) in [6.07, 6.45) is 2.94. The molecule has 1 aliphatic rings. The lowest BCUT2D eigenvalue weighted by Crippen LogP contribution is -2.35. The molecular weight excluding hydrogens is 186 g/mol. The Labute approximate surface area is 88.9 Å². The van der Waals surface area contributed by atoms with Gasteiger partial charge in [-0.1, -0.05) is 24.3 Å². The first kappa shape index (κ1) is 8.74. The standard InChI is InChI=1S/C13H13NO/c1-2-5-11(13-6-3-9-15-13)10(4-1)12-7-8-14-12/h1-6,9,12,14H,7-8H2. The molecule has 76 valence electrons. The van der Waals surface area contributed by atoms with E-state index in [1.54, 1.807) is 6.26 Å². The van der Waals surface area contributed by atoms with Gasteiger partial charge in [0.25, 0.3) is 0 Å².